The fraction of sp³-hybridized carbons (Fsp3) is 0.647. The fourth-order valence-electron chi connectivity index (χ4n) is 2.14. The molecule has 0 atom stereocenters. The predicted molar refractivity (Wildman–Crippen MR) is 111 cm³/mol. The molecular formula is C17H32IN5. The maximum absolute atomic E-state index is 4.54. The van der Waals surface area contributed by atoms with Gasteiger partial charge in [-0.1, -0.05) is 19.9 Å². The number of hydrogen-bond acceptors (Lipinski definition) is 3. The van der Waals surface area contributed by atoms with Gasteiger partial charge < -0.3 is 15.5 Å². The summed E-state index contributed by atoms with van der Waals surface area (Å²) < 4.78 is 0. The third-order valence-corrected chi connectivity index (χ3v) is 3.59. The highest BCUT2D eigenvalue weighted by molar-refractivity contribution is 14.0. The Morgan fingerprint density at radius 2 is 1.91 bits per heavy atom. The van der Waals surface area contributed by atoms with E-state index in [1.165, 1.54) is 0 Å². The van der Waals surface area contributed by atoms with Crippen LogP contribution in [0.25, 0.3) is 0 Å². The van der Waals surface area contributed by atoms with E-state index in [9.17, 15) is 0 Å². The average Bonchev–Trinajstić information content (AvgIpc) is 2.52. The Kier molecular flexibility index (Phi) is 11.8. The van der Waals surface area contributed by atoms with E-state index in [1.54, 1.807) is 7.05 Å². The molecule has 0 saturated heterocycles. The topological polar surface area (TPSA) is 52.5 Å². The van der Waals surface area contributed by atoms with Gasteiger partial charge in [0.2, 0.25) is 0 Å². The molecule has 0 aromatic carbocycles. The Morgan fingerprint density at radius 1 is 1.22 bits per heavy atom. The summed E-state index contributed by atoms with van der Waals surface area (Å²) in [5.74, 6) is 2.57. The van der Waals surface area contributed by atoms with E-state index >= 15 is 0 Å². The SMILES string of the molecule is CCN(CC)c1ccc(CNC(=NC)NCCC(C)C)cn1.I. The number of anilines is 1. The first-order valence-electron chi connectivity index (χ1n) is 8.25. The zero-order valence-corrected chi connectivity index (χ0v) is 17.4. The Labute approximate surface area is 158 Å². The van der Waals surface area contributed by atoms with E-state index in [-0.39, 0.29) is 24.0 Å². The van der Waals surface area contributed by atoms with Crippen LogP contribution in [-0.4, -0.2) is 37.6 Å². The number of hydrogen-bond donors (Lipinski definition) is 2. The summed E-state index contributed by atoms with van der Waals surface area (Å²) >= 11 is 0. The minimum absolute atomic E-state index is 0. The molecule has 0 fully saturated rings. The lowest BCUT2D eigenvalue weighted by molar-refractivity contribution is 0.573. The quantitative estimate of drug-likeness (QED) is 0.376. The molecule has 132 valence electrons. The van der Waals surface area contributed by atoms with Crippen molar-refractivity contribution in [2.75, 3.05) is 31.6 Å². The first-order valence-corrected chi connectivity index (χ1v) is 8.25. The van der Waals surface area contributed by atoms with Gasteiger partial charge in [-0.3, -0.25) is 4.99 Å². The monoisotopic (exact) mass is 433 g/mol. The Balaban J connectivity index is 0.00000484. The summed E-state index contributed by atoms with van der Waals surface area (Å²) in [6.45, 7) is 12.4. The summed E-state index contributed by atoms with van der Waals surface area (Å²) in [5, 5.41) is 6.65. The first-order chi connectivity index (χ1) is 10.6. The number of aromatic nitrogens is 1. The smallest absolute Gasteiger partial charge is 0.191 e. The van der Waals surface area contributed by atoms with E-state index in [1.807, 2.05) is 6.20 Å². The second-order valence-corrected chi connectivity index (χ2v) is 5.73. The average molecular weight is 433 g/mol. The molecule has 0 radical (unpaired) electrons. The Morgan fingerprint density at radius 3 is 2.39 bits per heavy atom. The molecule has 0 aliphatic rings. The maximum Gasteiger partial charge on any atom is 0.191 e. The van der Waals surface area contributed by atoms with E-state index in [0.717, 1.165) is 49.9 Å². The number of pyridine rings is 1. The lowest BCUT2D eigenvalue weighted by Crippen LogP contribution is -2.37. The van der Waals surface area contributed by atoms with Gasteiger partial charge in [0, 0.05) is 39.4 Å². The number of rotatable bonds is 8. The van der Waals surface area contributed by atoms with Crippen LogP contribution in [0.5, 0.6) is 0 Å². The third-order valence-electron chi connectivity index (χ3n) is 3.59. The molecule has 0 aliphatic carbocycles. The second-order valence-electron chi connectivity index (χ2n) is 5.73. The largest absolute Gasteiger partial charge is 0.357 e. The van der Waals surface area contributed by atoms with Crippen molar-refractivity contribution in [2.45, 2.75) is 40.7 Å². The highest BCUT2D eigenvalue weighted by atomic mass is 127. The third kappa shape index (κ3) is 8.39. The zero-order valence-electron chi connectivity index (χ0n) is 15.1. The van der Waals surface area contributed by atoms with Gasteiger partial charge in [0.1, 0.15) is 5.82 Å². The van der Waals surface area contributed by atoms with Crippen LogP contribution in [0.3, 0.4) is 0 Å². The molecule has 1 heterocycles. The molecule has 1 aromatic rings. The van der Waals surface area contributed by atoms with Crippen LogP contribution in [0.15, 0.2) is 23.3 Å². The second kappa shape index (κ2) is 12.4. The summed E-state index contributed by atoms with van der Waals surface area (Å²) in [7, 11) is 1.80. The van der Waals surface area contributed by atoms with Crippen molar-refractivity contribution in [1.29, 1.82) is 0 Å². The van der Waals surface area contributed by atoms with Gasteiger partial charge >= 0.3 is 0 Å². The molecular weight excluding hydrogens is 401 g/mol. The predicted octanol–water partition coefficient (Wildman–Crippen LogP) is 3.26. The lowest BCUT2D eigenvalue weighted by Gasteiger charge is -2.19. The van der Waals surface area contributed by atoms with Crippen molar-refractivity contribution in [2.24, 2.45) is 10.9 Å². The van der Waals surface area contributed by atoms with E-state index in [0.29, 0.717) is 5.92 Å². The number of nitrogens with zero attached hydrogens (tertiary/aromatic N) is 3. The molecule has 1 rings (SSSR count). The van der Waals surface area contributed by atoms with E-state index in [4.69, 9.17) is 0 Å². The summed E-state index contributed by atoms with van der Waals surface area (Å²) in [5.41, 5.74) is 1.16. The Bertz CT molecular complexity index is 441. The van der Waals surface area contributed by atoms with Gasteiger partial charge in [-0.05, 0) is 37.8 Å². The van der Waals surface area contributed by atoms with Crippen molar-refractivity contribution in [1.82, 2.24) is 15.6 Å². The van der Waals surface area contributed by atoms with Gasteiger partial charge in [-0.25, -0.2) is 4.98 Å². The highest BCUT2D eigenvalue weighted by Gasteiger charge is 2.04. The van der Waals surface area contributed by atoms with Crippen molar-refractivity contribution in [3.63, 3.8) is 0 Å². The lowest BCUT2D eigenvalue weighted by atomic mass is 10.1. The van der Waals surface area contributed by atoms with Gasteiger partial charge in [0.15, 0.2) is 5.96 Å². The summed E-state index contributed by atoms with van der Waals surface area (Å²) in [6, 6.07) is 4.20. The molecule has 1 aromatic heterocycles. The molecule has 0 spiro atoms. The summed E-state index contributed by atoms with van der Waals surface area (Å²) in [6.07, 6.45) is 3.07. The molecule has 23 heavy (non-hydrogen) atoms. The van der Waals surface area contributed by atoms with Gasteiger partial charge in [0.05, 0.1) is 0 Å². The molecule has 0 aliphatic heterocycles. The van der Waals surface area contributed by atoms with Crippen LogP contribution in [0, 0.1) is 5.92 Å². The Hall–Kier alpha value is -1.05. The highest BCUT2D eigenvalue weighted by Crippen LogP contribution is 2.10. The molecule has 0 unspecified atom stereocenters. The number of guanidine groups is 1. The van der Waals surface area contributed by atoms with E-state index < -0.39 is 0 Å². The van der Waals surface area contributed by atoms with Crippen LogP contribution >= 0.6 is 24.0 Å². The van der Waals surface area contributed by atoms with E-state index in [2.05, 4.69) is 65.3 Å². The molecule has 6 heteroatoms. The minimum Gasteiger partial charge on any atom is -0.357 e. The molecule has 0 amide bonds. The van der Waals surface area contributed by atoms with Crippen molar-refractivity contribution >= 4 is 35.8 Å². The number of aliphatic imine (C=N–C) groups is 1. The summed E-state index contributed by atoms with van der Waals surface area (Å²) in [4.78, 5) is 11.0. The first kappa shape index (κ1) is 21.9. The van der Waals surface area contributed by atoms with Crippen LogP contribution in [0.1, 0.15) is 39.7 Å². The van der Waals surface area contributed by atoms with Crippen LogP contribution in [0.2, 0.25) is 0 Å². The number of nitrogens with one attached hydrogen (secondary N) is 2. The molecule has 5 nitrogen and oxygen atoms in total. The fourth-order valence-corrected chi connectivity index (χ4v) is 2.14. The zero-order chi connectivity index (χ0) is 16.4. The normalized spacial score (nSPS) is 11.1. The molecule has 0 bridgehead atoms. The molecule has 2 N–H and O–H groups in total. The van der Waals surface area contributed by atoms with Crippen molar-refractivity contribution < 1.29 is 0 Å². The number of halogens is 1. The minimum atomic E-state index is 0. The molecule has 0 saturated carbocycles. The maximum atomic E-state index is 4.54. The van der Waals surface area contributed by atoms with Crippen molar-refractivity contribution in [3.05, 3.63) is 23.9 Å². The standard InChI is InChI=1S/C17H31N5.HI/c1-6-22(7-2)16-9-8-15(12-20-16)13-21-17(18-5)19-11-10-14(3)4;/h8-9,12,14H,6-7,10-11,13H2,1-5H3,(H2,18,19,21);1H. The van der Waals surface area contributed by atoms with Gasteiger partial charge in [-0.15, -0.1) is 24.0 Å². The van der Waals surface area contributed by atoms with Crippen LogP contribution in [0.4, 0.5) is 5.82 Å². The van der Waals surface area contributed by atoms with Gasteiger partial charge in [-0.2, -0.15) is 0 Å². The van der Waals surface area contributed by atoms with Crippen molar-refractivity contribution in [3.8, 4) is 0 Å². The van der Waals surface area contributed by atoms with Crippen LogP contribution < -0.4 is 15.5 Å². The van der Waals surface area contributed by atoms with Crippen LogP contribution in [-0.2, 0) is 6.54 Å². The van der Waals surface area contributed by atoms with Gasteiger partial charge in [0.25, 0.3) is 0 Å².